The van der Waals surface area contributed by atoms with Crippen molar-refractivity contribution in [3.05, 3.63) is 77.9 Å². The van der Waals surface area contributed by atoms with E-state index in [1.165, 1.54) is 19.7 Å². The summed E-state index contributed by atoms with van der Waals surface area (Å²) in [5, 5.41) is 11.4. The van der Waals surface area contributed by atoms with E-state index in [-0.39, 0.29) is 16.3 Å². The zero-order chi connectivity index (χ0) is 16.7. The summed E-state index contributed by atoms with van der Waals surface area (Å²) in [6.45, 7) is 1.60. The molecule has 0 N–H and O–H groups in total. The lowest BCUT2D eigenvalue weighted by atomic mass is 10.1. The summed E-state index contributed by atoms with van der Waals surface area (Å²) in [6, 6.07) is 24.3. The van der Waals surface area contributed by atoms with Gasteiger partial charge in [0.1, 0.15) is 0 Å². The highest BCUT2D eigenvalue weighted by Gasteiger charge is 2.23. The molecular formula is C21H14NOS+. The normalized spacial score (nSPS) is 11.6. The molecule has 0 amide bonds. The van der Waals surface area contributed by atoms with Gasteiger partial charge >= 0.3 is 0 Å². The molecule has 0 aliphatic carbocycles. The van der Waals surface area contributed by atoms with Crippen LogP contribution in [0.2, 0.25) is 0 Å². The Kier molecular flexibility index (Phi) is 3.41. The molecular weight excluding hydrogens is 314 g/mol. The third kappa shape index (κ3) is 2.20. The zero-order valence-corrected chi connectivity index (χ0v) is 13.9. The number of hydrogen-bond acceptors (Lipinski definition) is 2. The monoisotopic (exact) mass is 328 g/mol. The molecule has 3 heteroatoms. The molecule has 0 aliphatic rings. The van der Waals surface area contributed by atoms with Gasteiger partial charge < -0.3 is 0 Å². The van der Waals surface area contributed by atoms with Gasteiger partial charge in [0.25, 0.3) is 0 Å². The Balaban J connectivity index is 2.09. The van der Waals surface area contributed by atoms with Crippen molar-refractivity contribution in [1.29, 1.82) is 5.26 Å². The van der Waals surface area contributed by atoms with E-state index in [0.717, 1.165) is 10.9 Å². The van der Waals surface area contributed by atoms with E-state index < -0.39 is 0 Å². The molecule has 114 valence electrons. The van der Waals surface area contributed by atoms with Crippen molar-refractivity contribution >= 4 is 36.4 Å². The van der Waals surface area contributed by atoms with Crippen LogP contribution in [0.1, 0.15) is 22.8 Å². The maximum atomic E-state index is 11.8. The number of nitriles is 1. The van der Waals surface area contributed by atoms with Crippen molar-refractivity contribution in [3.63, 3.8) is 0 Å². The van der Waals surface area contributed by atoms with E-state index in [9.17, 15) is 4.79 Å². The molecule has 0 saturated heterocycles. The van der Waals surface area contributed by atoms with Crippen LogP contribution in [0.3, 0.4) is 0 Å². The maximum absolute atomic E-state index is 11.8. The molecule has 4 aromatic rings. The Morgan fingerprint density at radius 1 is 0.917 bits per heavy atom. The van der Waals surface area contributed by atoms with Crippen LogP contribution >= 0.6 is 10.5 Å². The van der Waals surface area contributed by atoms with Crippen LogP contribution in [0.25, 0.3) is 25.1 Å². The van der Waals surface area contributed by atoms with Gasteiger partial charge in [0, 0.05) is 26.8 Å². The van der Waals surface area contributed by atoms with Gasteiger partial charge in [-0.15, -0.1) is 0 Å². The van der Waals surface area contributed by atoms with Crippen LogP contribution in [-0.4, -0.2) is 5.78 Å². The van der Waals surface area contributed by atoms with Gasteiger partial charge in [0.15, 0.2) is 20.1 Å². The second-order valence-corrected chi connectivity index (χ2v) is 7.67. The summed E-state index contributed by atoms with van der Waals surface area (Å²) in [4.78, 5) is 12.9. The number of benzene rings is 3. The minimum atomic E-state index is -0.193. The topological polar surface area (TPSA) is 40.9 Å². The highest BCUT2D eigenvalue weighted by molar-refractivity contribution is 7.50. The summed E-state index contributed by atoms with van der Waals surface area (Å²) in [6.07, 6.45) is 0. The SMILES string of the molecule is CC(=O)c1ccc2c(c1)c1ccccc1[s+]2-c1ccc(C#N)cc1. The van der Waals surface area contributed by atoms with Gasteiger partial charge in [-0.1, -0.05) is 12.1 Å². The first-order valence-electron chi connectivity index (χ1n) is 7.68. The number of rotatable bonds is 2. The predicted octanol–water partition coefficient (Wildman–Crippen LogP) is 5.81. The number of thiophene rings is 1. The van der Waals surface area contributed by atoms with Gasteiger partial charge in [0.05, 0.1) is 11.6 Å². The van der Waals surface area contributed by atoms with Crippen molar-refractivity contribution in [1.82, 2.24) is 0 Å². The third-order valence-electron chi connectivity index (χ3n) is 4.22. The average molecular weight is 328 g/mol. The van der Waals surface area contributed by atoms with Crippen LogP contribution in [-0.2, 0) is 0 Å². The second-order valence-electron chi connectivity index (χ2n) is 5.71. The van der Waals surface area contributed by atoms with Gasteiger partial charge in [-0.2, -0.15) is 5.26 Å². The van der Waals surface area contributed by atoms with Crippen molar-refractivity contribution < 1.29 is 4.79 Å². The number of carbonyl (C=O) groups excluding carboxylic acids is 1. The highest BCUT2D eigenvalue weighted by atomic mass is 32.2. The molecule has 0 spiro atoms. The van der Waals surface area contributed by atoms with Crippen LogP contribution in [0.4, 0.5) is 0 Å². The van der Waals surface area contributed by atoms with Crippen LogP contribution < -0.4 is 0 Å². The fourth-order valence-corrected chi connectivity index (χ4v) is 5.40. The standard InChI is InChI=1S/C21H14NOS/c1-14(23)16-8-11-21-19(12-16)18-4-2-3-5-20(18)24(21)17-9-6-15(13-22)7-10-17/h2-12H,1H3/q+1. The Hall–Kier alpha value is -2.96. The molecule has 3 aromatic carbocycles. The van der Waals surface area contributed by atoms with E-state index >= 15 is 0 Å². The van der Waals surface area contributed by atoms with Gasteiger partial charge in [-0.05, 0) is 61.5 Å². The van der Waals surface area contributed by atoms with Crippen LogP contribution in [0, 0.1) is 11.3 Å². The third-order valence-corrected chi connectivity index (χ3v) is 6.56. The molecule has 0 bridgehead atoms. The highest BCUT2D eigenvalue weighted by Crippen LogP contribution is 2.48. The molecule has 0 saturated carbocycles. The van der Waals surface area contributed by atoms with Crippen molar-refractivity contribution in [2.24, 2.45) is 0 Å². The predicted molar refractivity (Wildman–Crippen MR) is 100.0 cm³/mol. The number of fused-ring (bicyclic) bond motifs is 3. The molecule has 24 heavy (non-hydrogen) atoms. The molecule has 2 nitrogen and oxygen atoms in total. The molecule has 0 aliphatic heterocycles. The lowest BCUT2D eigenvalue weighted by molar-refractivity contribution is 0.101. The Morgan fingerprint density at radius 2 is 1.62 bits per heavy atom. The number of Topliss-reactive ketones (excluding diaryl/α,β-unsaturated/α-hetero) is 1. The molecule has 0 radical (unpaired) electrons. The first kappa shape index (κ1) is 14.6. The largest absolute Gasteiger partial charge is 0.295 e. The van der Waals surface area contributed by atoms with E-state index in [0.29, 0.717) is 5.56 Å². The minimum Gasteiger partial charge on any atom is -0.295 e. The van der Waals surface area contributed by atoms with E-state index in [2.05, 4.69) is 30.3 Å². The molecule has 1 heterocycles. The van der Waals surface area contributed by atoms with E-state index in [4.69, 9.17) is 5.26 Å². The summed E-state index contributed by atoms with van der Waals surface area (Å²) in [5.41, 5.74) is 1.41. The lowest BCUT2D eigenvalue weighted by Gasteiger charge is -1.95. The Morgan fingerprint density at radius 3 is 2.33 bits per heavy atom. The first-order valence-corrected chi connectivity index (χ1v) is 8.90. The van der Waals surface area contributed by atoms with Gasteiger partial charge in [-0.25, -0.2) is 0 Å². The Bertz CT molecular complexity index is 1130. The molecule has 0 fully saturated rings. The Labute approximate surface area is 142 Å². The maximum Gasteiger partial charge on any atom is 0.187 e. The molecule has 4 rings (SSSR count). The van der Waals surface area contributed by atoms with Crippen molar-refractivity contribution in [2.45, 2.75) is 6.92 Å². The number of ketones is 1. The molecule has 1 atom stereocenters. The summed E-state index contributed by atoms with van der Waals surface area (Å²) in [7, 11) is -0.193. The van der Waals surface area contributed by atoms with E-state index in [1.54, 1.807) is 6.92 Å². The smallest absolute Gasteiger partial charge is 0.187 e. The van der Waals surface area contributed by atoms with Crippen LogP contribution in [0.15, 0.2) is 66.7 Å². The molecule has 1 aromatic heterocycles. The van der Waals surface area contributed by atoms with Gasteiger partial charge in [-0.3, -0.25) is 4.79 Å². The number of carbonyl (C=O) groups is 1. The number of hydrogen-bond donors (Lipinski definition) is 0. The zero-order valence-electron chi connectivity index (χ0n) is 13.1. The summed E-state index contributed by atoms with van der Waals surface area (Å²) in [5.74, 6) is 0.0837. The summed E-state index contributed by atoms with van der Waals surface area (Å²) >= 11 is 0. The lowest BCUT2D eigenvalue weighted by Crippen LogP contribution is -1.89. The number of nitrogens with zero attached hydrogens (tertiary/aromatic N) is 1. The van der Waals surface area contributed by atoms with Gasteiger partial charge in [0.2, 0.25) is 0 Å². The summed E-state index contributed by atoms with van der Waals surface area (Å²) < 4.78 is 2.52. The van der Waals surface area contributed by atoms with Crippen molar-refractivity contribution in [3.8, 4) is 11.0 Å². The van der Waals surface area contributed by atoms with E-state index in [1.807, 2.05) is 42.5 Å². The quantitative estimate of drug-likeness (QED) is 0.344. The van der Waals surface area contributed by atoms with Crippen LogP contribution in [0.5, 0.6) is 0 Å². The second kappa shape index (κ2) is 5.59. The van der Waals surface area contributed by atoms with Crippen molar-refractivity contribution in [2.75, 3.05) is 0 Å². The average Bonchev–Trinajstić information content (AvgIpc) is 2.95. The first-order chi connectivity index (χ1) is 11.7. The fourth-order valence-electron chi connectivity index (χ4n) is 3.04. The molecule has 1 unspecified atom stereocenters. The minimum absolute atomic E-state index is 0.0837. The fraction of sp³-hybridized carbons (Fsp3) is 0.0476.